The SMILES string of the molecule is COc1ccccc1C(CN)OCCCC(C)C. The average molecular weight is 251 g/mol. The number of nitrogens with two attached hydrogens (primary N) is 1. The van der Waals surface area contributed by atoms with Crippen molar-refractivity contribution in [3.63, 3.8) is 0 Å². The standard InChI is InChI=1S/C15H25NO2/c1-12(2)7-6-10-18-15(11-16)13-8-4-5-9-14(13)17-3/h4-5,8-9,12,15H,6-7,10-11,16H2,1-3H3. The highest BCUT2D eigenvalue weighted by Crippen LogP contribution is 2.26. The van der Waals surface area contributed by atoms with E-state index < -0.39 is 0 Å². The molecule has 0 aromatic heterocycles. The van der Waals surface area contributed by atoms with Gasteiger partial charge < -0.3 is 15.2 Å². The van der Waals surface area contributed by atoms with Gasteiger partial charge in [0.1, 0.15) is 5.75 Å². The summed E-state index contributed by atoms with van der Waals surface area (Å²) in [7, 11) is 1.67. The van der Waals surface area contributed by atoms with Gasteiger partial charge in [0.05, 0.1) is 13.2 Å². The highest BCUT2D eigenvalue weighted by Gasteiger charge is 2.14. The lowest BCUT2D eigenvalue weighted by Gasteiger charge is -2.19. The Bertz CT molecular complexity index is 339. The minimum atomic E-state index is -0.0756. The van der Waals surface area contributed by atoms with E-state index in [1.165, 1.54) is 6.42 Å². The molecule has 0 aliphatic heterocycles. The zero-order valence-corrected chi connectivity index (χ0v) is 11.7. The lowest BCUT2D eigenvalue weighted by molar-refractivity contribution is 0.0529. The van der Waals surface area contributed by atoms with Crippen molar-refractivity contribution in [2.24, 2.45) is 11.7 Å². The maximum Gasteiger partial charge on any atom is 0.124 e. The predicted molar refractivity (Wildman–Crippen MR) is 74.8 cm³/mol. The molecule has 1 atom stereocenters. The fraction of sp³-hybridized carbons (Fsp3) is 0.600. The number of ether oxygens (including phenoxy) is 2. The van der Waals surface area contributed by atoms with Crippen molar-refractivity contribution in [2.45, 2.75) is 32.8 Å². The van der Waals surface area contributed by atoms with Gasteiger partial charge in [0.25, 0.3) is 0 Å². The maximum absolute atomic E-state index is 5.87. The molecule has 0 aliphatic carbocycles. The van der Waals surface area contributed by atoms with Crippen LogP contribution in [0, 0.1) is 5.92 Å². The van der Waals surface area contributed by atoms with E-state index in [1.807, 2.05) is 24.3 Å². The Morgan fingerprint density at radius 1 is 1.22 bits per heavy atom. The van der Waals surface area contributed by atoms with Crippen LogP contribution >= 0.6 is 0 Å². The minimum absolute atomic E-state index is 0.0756. The second kappa shape index (κ2) is 8.11. The van der Waals surface area contributed by atoms with Crippen LogP contribution in [0.2, 0.25) is 0 Å². The van der Waals surface area contributed by atoms with E-state index in [-0.39, 0.29) is 6.10 Å². The van der Waals surface area contributed by atoms with Crippen LogP contribution in [0.15, 0.2) is 24.3 Å². The van der Waals surface area contributed by atoms with Crippen LogP contribution in [0.25, 0.3) is 0 Å². The lowest BCUT2D eigenvalue weighted by Crippen LogP contribution is -2.17. The molecule has 0 bridgehead atoms. The number of hydrogen-bond donors (Lipinski definition) is 1. The van der Waals surface area contributed by atoms with E-state index >= 15 is 0 Å². The third-order valence-corrected chi connectivity index (χ3v) is 2.94. The van der Waals surface area contributed by atoms with Crippen LogP contribution in [0.1, 0.15) is 38.4 Å². The van der Waals surface area contributed by atoms with Gasteiger partial charge in [0, 0.05) is 18.7 Å². The molecule has 0 heterocycles. The van der Waals surface area contributed by atoms with Crippen molar-refractivity contribution in [1.29, 1.82) is 0 Å². The molecule has 102 valence electrons. The maximum atomic E-state index is 5.87. The Hall–Kier alpha value is -1.06. The molecule has 3 nitrogen and oxygen atoms in total. The molecule has 1 rings (SSSR count). The predicted octanol–water partition coefficient (Wildman–Crippen LogP) is 3.15. The van der Waals surface area contributed by atoms with E-state index in [1.54, 1.807) is 7.11 Å². The van der Waals surface area contributed by atoms with Crippen LogP contribution in [0.4, 0.5) is 0 Å². The largest absolute Gasteiger partial charge is 0.496 e. The van der Waals surface area contributed by atoms with Crippen LogP contribution in [-0.2, 0) is 4.74 Å². The normalized spacial score (nSPS) is 12.7. The first-order valence-corrected chi connectivity index (χ1v) is 6.63. The summed E-state index contributed by atoms with van der Waals surface area (Å²) in [6.45, 7) is 5.67. The van der Waals surface area contributed by atoms with Crippen LogP contribution in [0.5, 0.6) is 5.75 Å². The van der Waals surface area contributed by atoms with Gasteiger partial charge in [-0.25, -0.2) is 0 Å². The third-order valence-electron chi connectivity index (χ3n) is 2.94. The first-order valence-electron chi connectivity index (χ1n) is 6.63. The molecule has 0 radical (unpaired) electrons. The number of rotatable bonds is 8. The summed E-state index contributed by atoms with van der Waals surface area (Å²) in [6, 6.07) is 7.89. The van der Waals surface area contributed by atoms with E-state index in [9.17, 15) is 0 Å². The second-order valence-electron chi connectivity index (χ2n) is 4.87. The molecule has 1 aromatic rings. The molecule has 0 saturated heterocycles. The van der Waals surface area contributed by atoms with Crippen molar-refractivity contribution in [2.75, 3.05) is 20.3 Å². The average Bonchev–Trinajstić information content (AvgIpc) is 2.38. The van der Waals surface area contributed by atoms with Gasteiger partial charge in [-0.1, -0.05) is 32.0 Å². The second-order valence-corrected chi connectivity index (χ2v) is 4.87. The van der Waals surface area contributed by atoms with Crippen LogP contribution < -0.4 is 10.5 Å². The molecular formula is C15H25NO2. The van der Waals surface area contributed by atoms with Crippen molar-refractivity contribution < 1.29 is 9.47 Å². The molecule has 0 saturated carbocycles. The van der Waals surface area contributed by atoms with Crippen molar-refractivity contribution in [3.8, 4) is 5.75 Å². The van der Waals surface area contributed by atoms with E-state index in [4.69, 9.17) is 15.2 Å². The fourth-order valence-electron chi connectivity index (χ4n) is 1.93. The Morgan fingerprint density at radius 2 is 1.94 bits per heavy atom. The Balaban J connectivity index is 2.54. The Morgan fingerprint density at radius 3 is 2.56 bits per heavy atom. The molecule has 0 amide bonds. The van der Waals surface area contributed by atoms with E-state index in [2.05, 4.69) is 13.8 Å². The molecule has 0 spiro atoms. The number of methoxy groups -OCH3 is 1. The van der Waals surface area contributed by atoms with Gasteiger partial charge >= 0.3 is 0 Å². The zero-order valence-electron chi connectivity index (χ0n) is 11.7. The fourth-order valence-corrected chi connectivity index (χ4v) is 1.93. The van der Waals surface area contributed by atoms with Crippen molar-refractivity contribution in [1.82, 2.24) is 0 Å². The molecule has 2 N–H and O–H groups in total. The Labute approximate surface area is 110 Å². The lowest BCUT2D eigenvalue weighted by atomic mass is 10.1. The monoisotopic (exact) mass is 251 g/mol. The first-order chi connectivity index (χ1) is 8.69. The highest BCUT2D eigenvalue weighted by atomic mass is 16.5. The zero-order chi connectivity index (χ0) is 13.4. The molecule has 3 heteroatoms. The van der Waals surface area contributed by atoms with Crippen molar-refractivity contribution >= 4 is 0 Å². The smallest absolute Gasteiger partial charge is 0.124 e. The minimum Gasteiger partial charge on any atom is -0.496 e. The molecule has 0 aliphatic rings. The molecule has 1 aromatic carbocycles. The Kier molecular flexibility index (Phi) is 6.76. The summed E-state index contributed by atoms with van der Waals surface area (Å²) in [4.78, 5) is 0. The molecule has 0 fully saturated rings. The van der Waals surface area contributed by atoms with Crippen LogP contribution in [0.3, 0.4) is 0 Å². The van der Waals surface area contributed by atoms with Crippen LogP contribution in [-0.4, -0.2) is 20.3 Å². The van der Waals surface area contributed by atoms with Gasteiger partial charge in [0.2, 0.25) is 0 Å². The summed E-state index contributed by atoms with van der Waals surface area (Å²) in [6.07, 6.45) is 2.18. The summed E-state index contributed by atoms with van der Waals surface area (Å²) in [5.41, 5.74) is 6.82. The van der Waals surface area contributed by atoms with Crippen molar-refractivity contribution in [3.05, 3.63) is 29.8 Å². The quantitative estimate of drug-likeness (QED) is 0.722. The number of para-hydroxylation sites is 1. The molecule has 1 unspecified atom stereocenters. The van der Waals surface area contributed by atoms with Gasteiger partial charge in [-0.05, 0) is 24.8 Å². The molecule has 18 heavy (non-hydrogen) atoms. The highest BCUT2D eigenvalue weighted by molar-refractivity contribution is 5.35. The van der Waals surface area contributed by atoms with E-state index in [0.29, 0.717) is 6.54 Å². The van der Waals surface area contributed by atoms with E-state index in [0.717, 1.165) is 30.3 Å². The number of hydrogen-bond acceptors (Lipinski definition) is 3. The summed E-state index contributed by atoms with van der Waals surface area (Å²) in [5, 5.41) is 0. The first kappa shape index (κ1) is 15.0. The topological polar surface area (TPSA) is 44.5 Å². The van der Waals surface area contributed by atoms with Gasteiger partial charge in [-0.15, -0.1) is 0 Å². The van der Waals surface area contributed by atoms with Gasteiger partial charge in [0.15, 0.2) is 0 Å². The molecular weight excluding hydrogens is 226 g/mol. The number of benzene rings is 1. The summed E-state index contributed by atoms with van der Waals surface area (Å²) < 4.78 is 11.2. The summed E-state index contributed by atoms with van der Waals surface area (Å²) >= 11 is 0. The third kappa shape index (κ3) is 4.67. The van der Waals surface area contributed by atoms with Gasteiger partial charge in [-0.3, -0.25) is 0 Å². The van der Waals surface area contributed by atoms with Gasteiger partial charge in [-0.2, -0.15) is 0 Å². The summed E-state index contributed by atoms with van der Waals surface area (Å²) in [5.74, 6) is 1.56.